The van der Waals surface area contributed by atoms with Crippen molar-refractivity contribution in [2.45, 2.75) is 13.5 Å². The number of rotatable bonds is 3. The smallest absolute Gasteiger partial charge is 0.272 e. The van der Waals surface area contributed by atoms with Gasteiger partial charge in [0, 0.05) is 17.8 Å². The lowest BCUT2D eigenvalue weighted by Crippen LogP contribution is -2.23. The van der Waals surface area contributed by atoms with Crippen LogP contribution >= 0.6 is 22.6 Å². The second kappa shape index (κ2) is 5.47. The summed E-state index contributed by atoms with van der Waals surface area (Å²) in [6.07, 6.45) is 2.92. The van der Waals surface area contributed by atoms with Crippen LogP contribution in [0.25, 0.3) is 0 Å². The zero-order chi connectivity index (χ0) is 14.0. The van der Waals surface area contributed by atoms with Gasteiger partial charge in [-0.3, -0.25) is 19.5 Å². The molecule has 0 aliphatic heterocycles. The van der Waals surface area contributed by atoms with Crippen molar-refractivity contribution < 1.29 is 4.92 Å². The molecule has 1 heterocycles. The minimum Gasteiger partial charge on any atom is -0.294 e. The van der Waals surface area contributed by atoms with Gasteiger partial charge in [-0.1, -0.05) is 12.1 Å². The molecule has 2 aromatic rings. The van der Waals surface area contributed by atoms with E-state index in [1.54, 1.807) is 19.1 Å². The molecule has 0 amide bonds. The second-order valence-corrected chi connectivity index (χ2v) is 5.16. The van der Waals surface area contributed by atoms with Gasteiger partial charge in [-0.15, -0.1) is 0 Å². The highest BCUT2D eigenvalue weighted by Gasteiger charge is 2.13. The molecule has 0 spiro atoms. The SMILES string of the molecule is Cc1c(Cn2cncc(I)c2=O)cccc1[N+](=O)[O-]. The van der Waals surface area contributed by atoms with Crippen LogP contribution in [0.15, 0.2) is 35.5 Å². The van der Waals surface area contributed by atoms with Crippen LogP contribution in [-0.2, 0) is 6.54 Å². The molecule has 0 saturated carbocycles. The van der Waals surface area contributed by atoms with Crippen molar-refractivity contribution in [3.05, 3.63) is 65.9 Å². The molecule has 2 rings (SSSR count). The fourth-order valence-electron chi connectivity index (χ4n) is 1.76. The van der Waals surface area contributed by atoms with Crippen LogP contribution < -0.4 is 5.56 Å². The highest BCUT2D eigenvalue weighted by molar-refractivity contribution is 14.1. The number of aromatic nitrogens is 2. The third-order valence-corrected chi connectivity index (χ3v) is 3.55. The normalized spacial score (nSPS) is 10.4. The summed E-state index contributed by atoms with van der Waals surface area (Å²) in [5, 5.41) is 10.9. The van der Waals surface area contributed by atoms with E-state index in [0.717, 1.165) is 5.56 Å². The van der Waals surface area contributed by atoms with Crippen molar-refractivity contribution in [2.75, 3.05) is 0 Å². The Labute approximate surface area is 122 Å². The van der Waals surface area contributed by atoms with E-state index in [0.29, 0.717) is 9.13 Å². The minimum absolute atomic E-state index is 0.0594. The lowest BCUT2D eigenvalue weighted by atomic mass is 10.1. The molecule has 0 aliphatic carbocycles. The summed E-state index contributed by atoms with van der Waals surface area (Å²) in [6.45, 7) is 1.95. The molecule has 98 valence electrons. The van der Waals surface area contributed by atoms with Gasteiger partial charge in [-0.05, 0) is 35.1 Å². The average molecular weight is 371 g/mol. The van der Waals surface area contributed by atoms with Crippen LogP contribution in [0.5, 0.6) is 0 Å². The van der Waals surface area contributed by atoms with E-state index in [-0.39, 0.29) is 17.8 Å². The fourth-order valence-corrected chi connectivity index (χ4v) is 2.23. The summed E-state index contributed by atoms with van der Waals surface area (Å²) in [4.78, 5) is 26.3. The van der Waals surface area contributed by atoms with Gasteiger partial charge in [-0.2, -0.15) is 0 Å². The lowest BCUT2D eigenvalue weighted by Gasteiger charge is -2.08. The number of hydrogen-bond acceptors (Lipinski definition) is 4. The van der Waals surface area contributed by atoms with Crippen LogP contribution in [0.1, 0.15) is 11.1 Å². The van der Waals surface area contributed by atoms with Crippen LogP contribution in [-0.4, -0.2) is 14.5 Å². The van der Waals surface area contributed by atoms with Gasteiger partial charge in [0.2, 0.25) is 0 Å². The van der Waals surface area contributed by atoms with Crippen LogP contribution in [0.2, 0.25) is 0 Å². The molecule has 0 bridgehead atoms. The summed E-state index contributed by atoms with van der Waals surface area (Å²) >= 11 is 1.91. The maximum Gasteiger partial charge on any atom is 0.272 e. The molecule has 0 aliphatic rings. The van der Waals surface area contributed by atoms with Gasteiger partial charge in [0.15, 0.2) is 0 Å². The highest BCUT2D eigenvalue weighted by Crippen LogP contribution is 2.21. The van der Waals surface area contributed by atoms with Crippen molar-refractivity contribution in [2.24, 2.45) is 0 Å². The number of halogens is 1. The first-order chi connectivity index (χ1) is 9.00. The Morgan fingerprint density at radius 1 is 1.47 bits per heavy atom. The van der Waals surface area contributed by atoms with Gasteiger partial charge in [0.05, 0.1) is 21.4 Å². The predicted molar refractivity (Wildman–Crippen MR) is 78.1 cm³/mol. The third kappa shape index (κ3) is 2.80. The van der Waals surface area contributed by atoms with E-state index in [4.69, 9.17) is 0 Å². The van der Waals surface area contributed by atoms with Crippen molar-refractivity contribution in [1.82, 2.24) is 9.55 Å². The Bertz CT molecular complexity index is 697. The largest absolute Gasteiger partial charge is 0.294 e. The highest BCUT2D eigenvalue weighted by atomic mass is 127. The monoisotopic (exact) mass is 371 g/mol. The molecule has 0 radical (unpaired) electrons. The van der Waals surface area contributed by atoms with E-state index in [2.05, 4.69) is 4.98 Å². The zero-order valence-corrected chi connectivity index (χ0v) is 12.2. The summed E-state index contributed by atoms with van der Waals surface area (Å²) in [6, 6.07) is 4.84. The van der Waals surface area contributed by atoms with E-state index < -0.39 is 4.92 Å². The first-order valence-corrected chi connectivity index (χ1v) is 6.51. The first kappa shape index (κ1) is 13.7. The Kier molecular flexibility index (Phi) is 3.93. The molecule has 0 unspecified atom stereocenters. The Hall–Kier alpha value is -1.77. The Morgan fingerprint density at radius 2 is 2.21 bits per heavy atom. The number of hydrogen-bond donors (Lipinski definition) is 0. The van der Waals surface area contributed by atoms with Crippen LogP contribution in [0.3, 0.4) is 0 Å². The summed E-state index contributed by atoms with van der Waals surface area (Å²) in [7, 11) is 0. The number of nitro benzene ring substituents is 1. The number of nitro groups is 1. The van der Waals surface area contributed by atoms with E-state index in [9.17, 15) is 14.9 Å². The minimum atomic E-state index is -0.422. The molecule has 0 fully saturated rings. The molecule has 0 N–H and O–H groups in total. The Morgan fingerprint density at radius 3 is 2.89 bits per heavy atom. The molecule has 19 heavy (non-hydrogen) atoms. The predicted octanol–water partition coefficient (Wildman–Crippen LogP) is 2.11. The van der Waals surface area contributed by atoms with E-state index >= 15 is 0 Å². The molecule has 1 aromatic carbocycles. The topological polar surface area (TPSA) is 78.0 Å². The quantitative estimate of drug-likeness (QED) is 0.471. The molecular formula is C12H10IN3O3. The Balaban J connectivity index is 2.45. The lowest BCUT2D eigenvalue weighted by molar-refractivity contribution is -0.385. The van der Waals surface area contributed by atoms with Gasteiger partial charge in [0.1, 0.15) is 0 Å². The van der Waals surface area contributed by atoms with Crippen molar-refractivity contribution >= 4 is 28.3 Å². The fraction of sp³-hybridized carbons (Fsp3) is 0.167. The molecule has 7 heteroatoms. The van der Waals surface area contributed by atoms with E-state index in [1.807, 2.05) is 22.6 Å². The summed E-state index contributed by atoms with van der Waals surface area (Å²) < 4.78 is 1.96. The maximum atomic E-state index is 11.9. The molecule has 1 aromatic heterocycles. The average Bonchev–Trinajstić information content (AvgIpc) is 2.37. The summed E-state index contributed by atoms with van der Waals surface area (Å²) in [5.41, 5.74) is 1.21. The van der Waals surface area contributed by atoms with Gasteiger partial charge in [0.25, 0.3) is 11.2 Å². The van der Waals surface area contributed by atoms with Gasteiger partial charge >= 0.3 is 0 Å². The standard InChI is InChI=1S/C12H10IN3O3/c1-8-9(3-2-4-11(8)16(18)19)6-15-7-14-5-10(13)12(15)17/h2-5,7H,6H2,1H3. The van der Waals surface area contributed by atoms with Crippen molar-refractivity contribution in [3.63, 3.8) is 0 Å². The number of nitrogens with zero attached hydrogens (tertiary/aromatic N) is 3. The van der Waals surface area contributed by atoms with Crippen molar-refractivity contribution in [1.29, 1.82) is 0 Å². The van der Waals surface area contributed by atoms with Crippen LogP contribution in [0.4, 0.5) is 5.69 Å². The van der Waals surface area contributed by atoms with Gasteiger partial charge < -0.3 is 0 Å². The third-order valence-electron chi connectivity index (χ3n) is 2.81. The van der Waals surface area contributed by atoms with E-state index in [1.165, 1.54) is 23.2 Å². The second-order valence-electron chi connectivity index (χ2n) is 3.99. The number of benzene rings is 1. The molecular weight excluding hydrogens is 361 g/mol. The van der Waals surface area contributed by atoms with Crippen LogP contribution in [0, 0.1) is 20.6 Å². The zero-order valence-electron chi connectivity index (χ0n) is 10.0. The molecule has 0 saturated heterocycles. The molecule has 6 nitrogen and oxygen atoms in total. The van der Waals surface area contributed by atoms with Crippen molar-refractivity contribution in [3.8, 4) is 0 Å². The maximum absolute atomic E-state index is 11.9. The summed E-state index contributed by atoms with van der Waals surface area (Å²) in [5.74, 6) is 0. The van der Waals surface area contributed by atoms with Gasteiger partial charge in [-0.25, -0.2) is 4.98 Å². The molecule has 0 atom stereocenters. The first-order valence-electron chi connectivity index (χ1n) is 5.43.